The molecule has 5 nitrogen and oxygen atoms in total. The van der Waals surface area contributed by atoms with E-state index in [9.17, 15) is 9.59 Å². The van der Waals surface area contributed by atoms with Crippen molar-refractivity contribution in [2.24, 2.45) is 5.92 Å². The van der Waals surface area contributed by atoms with Gasteiger partial charge >= 0.3 is 12.1 Å². The average molecular weight is 285 g/mol. The molecule has 0 aromatic carbocycles. The van der Waals surface area contributed by atoms with Crippen molar-refractivity contribution in [2.45, 2.75) is 65.5 Å². The minimum atomic E-state index is -0.474. The van der Waals surface area contributed by atoms with E-state index in [2.05, 4.69) is 0 Å². The Kier molecular flexibility index (Phi) is 5.84. The van der Waals surface area contributed by atoms with Crippen LogP contribution in [0, 0.1) is 5.92 Å². The number of amides is 1. The molecular formula is C15H27NO4. The van der Waals surface area contributed by atoms with Gasteiger partial charge in [-0.1, -0.05) is 0 Å². The van der Waals surface area contributed by atoms with Crippen molar-refractivity contribution in [3.8, 4) is 0 Å². The molecule has 1 fully saturated rings. The Labute approximate surface area is 121 Å². The van der Waals surface area contributed by atoms with Gasteiger partial charge < -0.3 is 14.4 Å². The summed E-state index contributed by atoms with van der Waals surface area (Å²) < 4.78 is 10.4. The van der Waals surface area contributed by atoms with Crippen LogP contribution in [0.3, 0.4) is 0 Å². The lowest BCUT2D eigenvalue weighted by atomic mass is 9.89. The van der Waals surface area contributed by atoms with Gasteiger partial charge in [-0.3, -0.25) is 4.79 Å². The average Bonchev–Trinajstić information content (AvgIpc) is 2.26. The molecule has 5 heteroatoms. The summed E-state index contributed by atoms with van der Waals surface area (Å²) in [5, 5.41) is 0. The molecular weight excluding hydrogens is 258 g/mol. The second kappa shape index (κ2) is 6.95. The molecule has 20 heavy (non-hydrogen) atoms. The molecule has 1 unspecified atom stereocenters. The van der Waals surface area contributed by atoms with E-state index in [1.54, 1.807) is 4.90 Å². The summed E-state index contributed by atoms with van der Waals surface area (Å²) in [7, 11) is 0. The fourth-order valence-corrected chi connectivity index (χ4v) is 2.50. The lowest BCUT2D eigenvalue weighted by molar-refractivity contribution is -0.144. The van der Waals surface area contributed by atoms with Crippen LogP contribution >= 0.6 is 0 Å². The Morgan fingerprint density at radius 1 is 1.30 bits per heavy atom. The summed E-state index contributed by atoms with van der Waals surface area (Å²) in [6, 6.07) is 0.0954. The first-order valence-electron chi connectivity index (χ1n) is 7.38. The van der Waals surface area contributed by atoms with Gasteiger partial charge in [0, 0.05) is 19.0 Å². The lowest BCUT2D eigenvalue weighted by Gasteiger charge is -2.38. The van der Waals surface area contributed by atoms with Gasteiger partial charge in [-0.25, -0.2) is 4.79 Å². The fraction of sp³-hybridized carbons (Fsp3) is 0.867. The Morgan fingerprint density at radius 2 is 1.95 bits per heavy atom. The van der Waals surface area contributed by atoms with Crippen molar-refractivity contribution in [3.63, 3.8) is 0 Å². The Morgan fingerprint density at radius 3 is 2.45 bits per heavy atom. The SMILES string of the molecule is CCOC(=O)CC1CCN(C(=O)OC(C)(C)C)[C@@H](C)C1. The van der Waals surface area contributed by atoms with Crippen molar-refractivity contribution >= 4 is 12.1 Å². The van der Waals surface area contributed by atoms with Crippen LogP contribution in [0.15, 0.2) is 0 Å². The minimum absolute atomic E-state index is 0.0954. The first kappa shape index (κ1) is 16.8. The largest absolute Gasteiger partial charge is 0.466 e. The maximum absolute atomic E-state index is 12.1. The smallest absolute Gasteiger partial charge is 0.410 e. The summed E-state index contributed by atoms with van der Waals surface area (Å²) in [5.41, 5.74) is -0.474. The van der Waals surface area contributed by atoms with Crippen molar-refractivity contribution in [2.75, 3.05) is 13.2 Å². The number of nitrogens with zero attached hydrogens (tertiary/aromatic N) is 1. The highest BCUT2D eigenvalue weighted by molar-refractivity contribution is 5.70. The van der Waals surface area contributed by atoms with Gasteiger partial charge in [-0.2, -0.15) is 0 Å². The molecule has 0 bridgehead atoms. The maximum Gasteiger partial charge on any atom is 0.410 e. The molecule has 0 saturated carbocycles. The van der Waals surface area contributed by atoms with E-state index >= 15 is 0 Å². The lowest BCUT2D eigenvalue weighted by Crippen LogP contribution is -2.47. The molecule has 2 atom stereocenters. The topological polar surface area (TPSA) is 55.8 Å². The molecule has 0 spiro atoms. The summed E-state index contributed by atoms with van der Waals surface area (Å²) >= 11 is 0. The first-order valence-corrected chi connectivity index (χ1v) is 7.38. The predicted octanol–water partition coefficient (Wildman–Crippen LogP) is 2.98. The molecule has 1 aliphatic rings. The van der Waals surface area contributed by atoms with E-state index in [0.29, 0.717) is 25.5 Å². The van der Waals surface area contributed by atoms with Crippen molar-refractivity contribution in [1.29, 1.82) is 0 Å². The summed E-state index contributed by atoms with van der Waals surface area (Å²) in [6.45, 7) is 10.5. The van der Waals surface area contributed by atoms with Crippen LogP contribution in [0.4, 0.5) is 4.79 Å². The molecule has 1 saturated heterocycles. The molecule has 0 aromatic heterocycles. The van der Waals surface area contributed by atoms with E-state index in [1.165, 1.54) is 0 Å². The van der Waals surface area contributed by atoms with Gasteiger partial charge in [0.05, 0.1) is 6.61 Å². The number of rotatable bonds is 3. The van der Waals surface area contributed by atoms with E-state index in [1.807, 2.05) is 34.6 Å². The third-order valence-corrected chi connectivity index (χ3v) is 3.37. The van der Waals surface area contributed by atoms with E-state index in [-0.39, 0.29) is 18.1 Å². The standard InChI is InChI=1S/C15H27NO4/c1-6-19-13(17)10-12-7-8-16(11(2)9-12)14(18)20-15(3,4)5/h11-12H,6-10H2,1-5H3/t11-,12?/m0/s1. The van der Waals surface area contributed by atoms with Crippen LogP contribution < -0.4 is 0 Å². The molecule has 1 rings (SSSR count). The molecule has 0 radical (unpaired) electrons. The van der Waals surface area contributed by atoms with Crippen molar-refractivity contribution < 1.29 is 19.1 Å². The zero-order valence-corrected chi connectivity index (χ0v) is 13.3. The highest BCUT2D eigenvalue weighted by Gasteiger charge is 2.32. The van der Waals surface area contributed by atoms with Crippen LogP contribution in [-0.2, 0) is 14.3 Å². The molecule has 1 heterocycles. The third-order valence-electron chi connectivity index (χ3n) is 3.37. The van der Waals surface area contributed by atoms with Gasteiger partial charge in [-0.05, 0) is 53.4 Å². The molecule has 1 amide bonds. The summed E-state index contributed by atoms with van der Waals surface area (Å²) in [6.07, 6.45) is 1.82. The number of piperidine rings is 1. The number of ether oxygens (including phenoxy) is 2. The molecule has 0 aliphatic carbocycles. The van der Waals surface area contributed by atoms with Crippen molar-refractivity contribution in [3.05, 3.63) is 0 Å². The van der Waals surface area contributed by atoms with Crippen LogP contribution in [0.1, 0.15) is 53.9 Å². The summed E-state index contributed by atoms with van der Waals surface area (Å²) in [4.78, 5) is 25.3. The maximum atomic E-state index is 12.1. The predicted molar refractivity (Wildman–Crippen MR) is 76.4 cm³/mol. The fourth-order valence-electron chi connectivity index (χ4n) is 2.50. The van der Waals surface area contributed by atoms with Crippen molar-refractivity contribution in [1.82, 2.24) is 4.90 Å². The molecule has 0 N–H and O–H groups in total. The number of hydrogen-bond donors (Lipinski definition) is 0. The normalized spacial score (nSPS) is 23.4. The highest BCUT2D eigenvalue weighted by Crippen LogP contribution is 2.27. The van der Waals surface area contributed by atoms with Gasteiger partial charge in [-0.15, -0.1) is 0 Å². The Bertz CT molecular complexity index is 348. The van der Waals surface area contributed by atoms with Crippen LogP contribution in [0.2, 0.25) is 0 Å². The molecule has 0 aromatic rings. The zero-order chi connectivity index (χ0) is 15.3. The number of carbonyl (C=O) groups is 2. The Hall–Kier alpha value is -1.26. The third kappa shape index (κ3) is 5.39. The van der Waals surface area contributed by atoms with Crippen LogP contribution in [0.5, 0.6) is 0 Å². The Balaban J connectivity index is 2.47. The zero-order valence-electron chi connectivity index (χ0n) is 13.3. The second-order valence-electron chi connectivity index (χ2n) is 6.42. The number of likely N-dealkylation sites (tertiary alicyclic amines) is 1. The van der Waals surface area contributed by atoms with Gasteiger partial charge in [0.15, 0.2) is 0 Å². The summed E-state index contributed by atoms with van der Waals surface area (Å²) in [5.74, 6) is 0.151. The number of carbonyl (C=O) groups excluding carboxylic acids is 2. The van der Waals surface area contributed by atoms with Gasteiger partial charge in [0.2, 0.25) is 0 Å². The van der Waals surface area contributed by atoms with Gasteiger partial charge in [0.1, 0.15) is 5.60 Å². The quantitative estimate of drug-likeness (QED) is 0.748. The monoisotopic (exact) mass is 285 g/mol. The highest BCUT2D eigenvalue weighted by atomic mass is 16.6. The molecule has 116 valence electrons. The van der Waals surface area contributed by atoms with E-state index in [4.69, 9.17) is 9.47 Å². The van der Waals surface area contributed by atoms with Gasteiger partial charge in [0.25, 0.3) is 0 Å². The first-order chi connectivity index (χ1) is 9.23. The molecule has 1 aliphatic heterocycles. The number of esters is 1. The van der Waals surface area contributed by atoms with E-state index < -0.39 is 5.60 Å². The minimum Gasteiger partial charge on any atom is -0.466 e. The van der Waals surface area contributed by atoms with Crippen LogP contribution in [0.25, 0.3) is 0 Å². The number of hydrogen-bond acceptors (Lipinski definition) is 4. The second-order valence-corrected chi connectivity index (χ2v) is 6.42. The van der Waals surface area contributed by atoms with E-state index in [0.717, 1.165) is 12.8 Å². The van der Waals surface area contributed by atoms with Crippen LogP contribution in [-0.4, -0.2) is 41.8 Å².